The molecule has 0 bridgehead atoms. The first-order chi connectivity index (χ1) is 7.72. The van der Waals surface area contributed by atoms with E-state index in [4.69, 9.17) is 14.7 Å². The second kappa shape index (κ2) is 5.82. The van der Waals surface area contributed by atoms with Crippen LogP contribution in [-0.4, -0.2) is 14.2 Å². The van der Waals surface area contributed by atoms with E-state index in [1.807, 2.05) is 18.2 Å². The average molecular weight is 217 g/mol. The summed E-state index contributed by atoms with van der Waals surface area (Å²) < 4.78 is 10.3. The molecule has 0 aromatic heterocycles. The summed E-state index contributed by atoms with van der Waals surface area (Å²) in [6, 6.07) is 7.73. The number of nitrogens with zero attached hydrogens (tertiary/aromatic N) is 1. The summed E-state index contributed by atoms with van der Waals surface area (Å²) in [5.74, 6) is 1.37. The van der Waals surface area contributed by atoms with Gasteiger partial charge in [-0.3, -0.25) is 0 Å². The Kier molecular flexibility index (Phi) is 4.41. The first kappa shape index (κ1) is 12.1. The lowest BCUT2D eigenvalue weighted by molar-refractivity contribution is 0.355. The summed E-state index contributed by atoms with van der Waals surface area (Å²) in [4.78, 5) is 0. The quantitative estimate of drug-likeness (QED) is 0.761. The molecule has 1 aromatic rings. The number of nitriles is 1. The van der Waals surface area contributed by atoms with Crippen LogP contribution >= 0.6 is 0 Å². The molecule has 3 nitrogen and oxygen atoms in total. The topological polar surface area (TPSA) is 42.2 Å². The number of benzene rings is 1. The number of rotatable bonds is 5. The minimum Gasteiger partial charge on any atom is -0.493 e. The third-order valence-corrected chi connectivity index (χ3v) is 2.33. The summed E-state index contributed by atoms with van der Waals surface area (Å²) in [6.07, 6.45) is 1.15. The molecule has 0 saturated heterocycles. The zero-order valence-electron chi connectivity index (χ0n) is 9.62. The Morgan fingerprint density at radius 3 is 2.56 bits per heavy atom. The van der Waals surface area contributed by atoms with Gasteiger partial charge in [-0.1, -0.05) is 12.6 Å². The number of methoxy groups -OCH3 is 2. The number of ether oxygens (including phenoxy) is 2. The smallest absolute Gasteiger partial charge is 0.161 e. The van der Waals surface area contributed by atoms with Crippen molar-refractivity contribution in [1.29, 1.82) is 5.26 Å². The Morgan fingerprint density at radius 1 is 1.31 bits per heavy atom. The van der Waals surface area contributed by atoms with Gasteiger partial charge < -0.3 is 9.47 Å². The van der Waals surface area contributed by atoms with Gasteiger partial charge in [0.2, 0.25) is 0 Å². The Bertz CT molecular complexity index is 418. The Morgan fingerprint density at radius 2 is 2.00 bits per heavy atom. The van der Waals surface area contributed by atoms with Gasteiger partial charge in [-0.05, 0) is 29.7 Å². The molecule has 84 valence electrons. The molecule has 0 radical (unpaired) electrons. The second-order valence-electron chi connectivity index (χ2n) is 3.33. The molecular weight excluding hydrogens is 202 g/mol. The van der Waals surface area contributed by atoms with Gasteiger partial charge in [0.15, 0.2) is 11.5 Å². The number of hydrogen-bond acceptors (Lipinski definition) is 3. The maximum absolute atomic E-state index is 8.51. The fourth-order valence-corrected chi connectivity index (χ4v) is 1.41. The molecule has 0 spiro atoms. The van der Waals surface area contributed by atoms with Crippen molar-refractivity contribution in [2.24, 2.45) is 0 Å². The molecule has 0 N–H and O–H groups in total. The van der Waals surface area contributed by atoms with Crippen molar-refractivity contribution in [3.63, 3.8) is 0 Å². The molecule has 0 saturated carbocycles. The van der Waals surface area contributed by atoms with E-state index in [1.165, 1.54) is 0 Å². The van der Waals surface area contributed by atoms with Crippen molar-refractivity contribution >= 4 is 5.57 Å². The Labute approximate surface area is 95.9 Å². The maximum atomic E-state index is 8.51. The van der Waals surface area contributed by atoms with E-state index in [2.05, 4.69) is 12.6 Å². The molecule has 0 aliphatic carbocycles. The third kappa shape index (κ3) is 2.77. The molecule has 0 atom stereocenters. The maximum Gasteiger partial charge on any atom is 0.161 e. The highest BCUT2D eigenvalue weighted by atomic mass is 16.5. The van der Waals surface area contributed by atoms with Crippen molar-refractivity contribution < 1.29 is 9.47 Å². The summed E-state index contributed by atoms with van der Waals surface area (Å²) >= 11 is 0. The van der Waals surface area contributed by atoms with Gasteiger partial charge in [-0.2, -0.15) is 5.26 Å². The standard InChI is InChI=1S/C13H15NO2/c1-10(5-4-8-14)11-6-7-12(15-2)13(9-11)16-3/h6-7,9H,1,4-5H2,2-3H3. The predicted molar refractivity (Wildman–Crippen MR) is 63.4 cm³/mol. The molecule has 0 amide bonds. The third-order valence-electron chi connectivity index (χ3n) is 2.33. The van der Waals surface area contributed by atoms with Crippen LogP contribution in [-0.2, 0) is 0 Å². The molecule has 1 rings (SSSR count). The SMILES string of the molecule is C=C(CCC#N)c1ccc(OC)c(OC)c1. The minimum absolute atomic E-state index is 0.479. The van der Waals surface area contributed by atoms with Crippen LogP contribution in [0.1, 0.15) is 18.4 Å². The van der Waals surface area contributed by atoms with Crippen LogP contribution in [0.2, 0.25) is 0 Å². The van der Waals surface area contributed by atoms with Crippen LogP contribution in [0.4, 0.5) is 0 Å². The summed E-state index contributed by atoms with van der Waals surface area (Å²) in [6.45, 7) is 3.95. The van der Waals surface area contributed by atoms with E-state index in [0.29, 0.717) is 24.3 Å². The first-order valence-electron chi connectivity index (χ1n) is 5.00. The van der Waals surface area contributed by atoms with Gasteiger partial charge in [-0.15, -0.1) is 0 Å². The monoisotopic (exact) mass is 217 g/mol. The molecule has 3 heteroatoms. The molecule has 1 aromatic carbocycles. The van der Waals surface area contributed by atoms with Crippen molar-refractivity contribution in [3.05, 3.63) is 30.3 Å². The van der Waals surface area contributed by atoms with Crippen LogP contribution in [0.25, 0.3) is 5.57 Å². The predicted octanol–water partition coefficient (Wildman–Crippen LogP) is 3.02. The number of allylic oxidation sites excluding steroid dienone is 1. The van der Waals surface area contributed by atoms with Gasteiger partial charge in [0.25, 0.3) is 0 Å². The molecule has 0 fully saturated rings. The van der Waals surface area contributed by atoms with Crippen molar-refractivity contribution in [2.45, 2.75) is 12.8 Å². The molecule has 0 heterocycles. The lowest BCUT2D eigenvalue weighted by atomic mass is 10.0. The largest absolute Gasteiger partial charge is 0.493 e. The molecule has 16 heavy (non-hydrogen) atoms. The van der Waals surface area contributed by atoms with Crippen molar-refractivity contribution in [3.8, 4) is 17.6 Å². The Balaban J connectivity index is 2.91. The van der Waals surface area contributed by atoms with Crippen molar-refractivity contribution in [1.82, 2.24) is 0 Å². The highest BCUT2D eigenvalue weighted by Gasteiger charge is 2.06. The van der Waals surface area contributed by atoms with E-state index in [9.17, 15) is 0 Å². The normalized spacial score (nSPS) is 9.31. The van der Waals surface area contributed by atoms with E-state index >= 15 is 0 Å². The highest BCUT2D eigenvalue weighted by Crippen LogP contribution is 2.30. The van der Waals surface area contributed by atoms with E-state index in [1.54, 1.807) is 14.2 Å². The van der Waals surface area contributed by atoms with Gasteiger partial charge in [0.05, 0.1) is 20.3 Å². The molecule has 0 aliphatic rings. The van der Waals surface area contributed by atoms with E-state index < -0.39 is 0 Å². The lowest BCUT2D eigenvalue weighted by Crippen LogP contribution is -1.92. The van der Waals surface area contributed by atoms with Gasteiger partial charge in [0, 0.05) is 6.42 Å². The van der Waals surface area contributed by atoms with Gasteiger partial charge in [-0.25, -0.2) is 0 Å². The van der Waals surface area contributed by atoms with Crippen LogP contribution < -0.4 is 9.47 Å². The van der Waals surface area contributed by atoms with Crippen LogP contribution in [0.5, 0.6) is 11.5 Å². The van der Waals surface area contributed by atoms with Crippen LogP contribution in [0.15, 0.2) is 24.8 Å². The van der Waals surface area contributed by atoms with Crippen molar-refractivity contribution in [2.75, 3.05) is 14.2 Å². The zero-order chi connectivity index (χ0) is 12.0. The van der Waals surface area contributed by atoms with Crippen LogP contribution in [0.3, 0.4) is 0 Å². The zero-order valence-corrected chi connectivity index (χ0v) is 9.62. The minimum atomic E-state index is 0.479. The van der Waals surface area contributed by atoms with Crippen LogP contribution in [0, 0.1) is 11.3 Å². The molecule has 0 unspecified atom stereocenters. The van der Waals surface area contributed by atoms with E-state index in [0.717, 1.165) is 11.1 Å². The van der Waals surface area contributed by atoms with Gasteiger partial charge >= 0.3 is 0 Å². The lowest BCUT2D eigenvalue weighted by Gasteiger charge is -2.10. The Hall–Kier alpha value is -1.95. The number of hydrogen-bond donors (Lipinski definition) is 0. The summed E-state index contributed by atoms with van der Waals surface area (Å²) in [5.41, 5.74) is 1.91. The first-order valence-corrected chi connectivity index (χ1v) is 5.00. The highest BCUT2D eigenvalue weighted by molar-refractivity contribution is 5.66. The van der Waals surface area contributed by atoms with Gasteiger partial charge in [0.1, 0.15) is 0 Å². The summed E-state index contributed by atoms with van der Waals surface area (Å²) in [7, 11) is 3.20. The fourth-order valence-electron chi connectivity index (χ4n) is 1.41. The molecule has 0 aliphatic heterocycles. The fraction of sp³-hybridized carbons (Fsp3) is 0.308. The average Bonchev–Trinajstić information content (AvgIpc) is 2.34. The summed E-state index contributed by atoms with van der Waals surface area (Å²) in [5, 5.41) is 8.51. The molecular formula is C13H15NO2. The van der Waals surface area contributed by atoms with E-state index in [-0.39, 0.29) is 0 Å². The second-order valence-corrected chi connectivity index (χ2v) is 3.33.